The zero-order chi connectivity index (χ0) is 45.0. The summed E-state index contributed by atoms with van der Waals surface area (Å²) in [5.74, 6) is 1.93. The van der Waals surface area contributed by atoms with Gasteiger partial charge in [0.1, 0.15) is 23.0 Å². The molecule has 0 atom stereocenters. The predicted octanol–water partition coefficient (Wildman–Crippen LogP) is 13.1. The minimum absolute atomic E-state index is 0.179. The maximum Gasteiger partial charge on any atom is 0.519 e. The Hall–Kier alpha value is -3.79. The molecule has 5 rings (SSSR count). The molecular formula is C49H70O8Si4. The van der Waals surface area contributed by atoms with Crippen LogP contribution in [0.25, 0.3) is 0 Å². The molecule has 61 heavy (non-hydrogen) atoms. The third-order valence-corrected chi connectivity index (χ3v) is 23.1. The van der Waals surface area contributed by atoms with Gasteiger partial charge < -0.3 is 27.2 Å². The zero-order valence-electron chi connectivity index (χ0n) is 39.3. The van der Waals surface area contributed by atoms with Gasteiger partial charge in [0.05, 0.1) is 7.11 Å². The Morgan fingerprint density at radius 3 is 1.56 bits per heavy atom. The highest BCUT2D eigenvalue weighted by Gasteiger charge is 2.37. The van der Waals surface area contributed by atoms with Crippen LogP contribution in [0, 0.1) is 0 Å². The largest absolute Gasteiger partial charge is 0.519 e. The molecule has 1 aliphatic carbocycles. The van der Waals surface area contributed by atoms with Gasteiger partial charge in [-0.05, 0) is 166 Å². The minimum Gasteiger partial charge on any atom is -0.496 e. The number of hydrogen-bond acceptors (Lipinski definition) is 8. The first kappa shape index (κ1) is 48.2. The van der Waals surface area contributed by atoms with Crippen molar-refractivity contribution in [2.24, 2.45) is 0 Å². The fourth-order valence-corrected chi connectivity index (χ4v) is 25.7. The van der Waals surface area contributed by atoms with Gasteiger partial charge in [0.25, 0.3) is 0 Å². The van der Waals surface area contributed by atoms with E-state index in [0.29, 0.717) is 17.2 Å². The van der Waals surface area contributed by atoms with Crippen LogP contribution in [0.3, 0.4) is 0 Å². The second-order valence-corrected chi connectivity index (χ2v) is 38.3. The molecule has 0 bridgehead atoms. The average molecular weight is 899 g/mol. The van der Waals surface area contributed by atoms with Crippen molar-refractivity contribution >= 4 is 45.4 Å². The highest BCUT2D eigenvalue weighted by atomic mass is 28.4. The molecule has 0 aromatic heterocycles. The Morgan fingerprint density at radius 2 is 1.07 bits per heavy atom. The third kappa shape index (κ3) is 13.1. The molecule has 0 unspecified atom stereocenters. The maximum absolute atomic E-state index is 13.4. The molecule has 4 aromatic carbocycles. The van der Waals surface area contributed by atoms with E-state index in [9.17, 15) is 9.59 Å². The molecule has 330 valence electrons. The van der Waals surface area contributed by atoms with Crippen LogP contribution < -0.4 is 18.9 Å². The number of benzene rings is 4. The lowest BCUT2D eigenvalue weighted by atomic mass is 9.65. The van der Waals surface area contributed by atoms with E-state index in [0.717, 1.165) is 60.2 Å². The van der Waals surface area contributed by atoms with Crippen molar-refractivity contribution in [2.75, 3.05) is 7.11 Å². The van der Waals surface area contributed by atoms with E-state index in [2.05, 4.69) is 128 Å². The van der Waals surface area contributed by atoms with Crippen LogP contribution in [0.4, 0.5) is 4.79 Å². The van der Waals surface area contributed by atoms with Gasteiger partial charge in [-0.15, -0.1) is 0 Å². The van der Waals surface area contributed by atoms with E-state index in [-0.39, 0.29) is 11.4 Å². The fourth-order valence-electron chi connectivity index (χ4n) is 9.46. The van der Waals surface area contributed by atoms with Gasteiger partial charge in [-0.2, -0.15) is 0 Å². The zero-order valence-corrected chi connectivity index (χ0v) is 43.3. The SMILES string of the molecule is COc1ccc(C(C)(C)c2ccc(OC(=O)Oc3ccc(C4(c5ccc(OC(C)=O)cc5)CCCCC4)cc3)cc2C[Si](C)(C)O[Si](C)(C)C)cc1C[Si](C)(C)O[Si](C)(C)C. The van der Waals surface area contributed by atoms with Crippen molar-refractivity contribution < 1.29 is 36.8 Å². The lowest BCUT2D eigenvalue weighted by Crippen LogP contribution is -2.44. The summed E-state index contributed by atoms with van der Waals surface area (Å²) < 4.78 is 36.5. The molecule has 0 saturated heterocycles. The molecular weight excluding hydrogens is 829 g/mol. The molecule has 0 spiro atoms. The molecule has 8 nitrogen and oxygen atoms in total. The van der Waals surface area contributed by atoms with Gasteiger partial charge in [-0.1, -0.05) is 75.6 Å². The first-order valence-corrected chi connectivity index (χ1v) is 34.8. The standard InChI is InChI=1S/C49H70O8Si4/c1-36(50)53-42-23-18-39(19-24-42)49(30-16-15-17-31-49)40-20-25-43(26-21-40)54-47(51)55-44-27-28-45(37(33-44)34-60(11,12)56-58(5,6)7)48(2,3)41-22-29-46(52-4)38(32-41)35-61(13,14)57-59(8,9)10/h18-29,32-33H,15-17,30-31,34-35H2,1-14H3. The third-order valence-electron chi connectivity index (χ3n) is 11.3. The van der Waals surface area contributed by atoms with Crippen LogP contribution in [0.15, 0.2) is 84.9 Å². The van der Waals surface area contributed by atoms with Crippen molar-refractivity contribution in [2.45, 2.75) is 141 Å². The molecule has 0 amide bonds. The van der Waals surface area contributed by atoms with Crippen LogP contribution in [-0.2, 0) is 35.9 Å². The molecule has 1 saturated carbocycles. The Labute approximate surface area is 370 Å². The lowest BCUT2D eigenvalue weighted by Gasteiger charge is -2.38. The summed E-state index contributed by atoms with van der Waals surface area (Å²) in [5.41, 5.74) is 6.38. The van der Waals surface area contributed by atoms with E-state index < -0.39 is 44.8 Å². The van der Waals surface area contributed by atoms with Gasteiger partial charge in [0.2, 0.25) is 0 Å². The molecule has 1 fully saturated rings. The van der Waals surface area contributed by atoms with E-state index in [1.165, 1.54) is 30.0 Å². The summed E-state index contributed by atoms with van der Waals surface area (Å²) in [6.07, 6.45) is 4.66. The molecule has 0 N–H and O–H groups in total. The van der Waals surface area contributed by atoms with Crippen LogP contribution in [0.1, 0.15) is 86.3 Å². The number of methoxy groups -OCH3 is 1. The van der Waals surface area contributed by atoms with Crippen LogP contribution in [0.5, 0.6) is 23.0 Å². The van der Waals surface area contributed by atoms with Crippen molar-refractivity contribution in [3.8, 4) is 23.0 Å². The molecule has 1 aliphatic rings. The van der Waals surface area contributed by atoms with Crippen molar-refractivity contribution in [3.63, 3.8) is 0 Å². The number of ether oxygens (including phenoxy) is 4. The fraction of sp³-hybridized carbons (Fsp3) is 0.469. The summed E-state index contributed by atoms with van der Waals surface area (Å²) >= 11 is 0. The molecule has 4 aromatic rings. The van der Waals surface area contributed by atoms with E-state index in [1.807, 2.05) is 36.4 Å². The summed E-state index contributed by atoms with van der Waals surface area (Å²) in [6, 6.07) is 29.8. The number of hydrogen-bond donors (Lipinski definition) is 0. The van der Waals surface area contributed by atoms with Gasteiger partial charge in [0.15, 0.2) is 33.3 Å². The van der Waals surface area contributed by atoms with Crippen LogP contribution in [-0.4, -0.2) is 52.5 Å². The summed E-state index contributed by atoms with van der Waals surface area (Å²) in [5, 5.41) is 0. The predicted molar refractivity (Wildman–Crippen MR) is 258 cm³/mol. The minimum atomic E-state index is -2.21. The quantitative estimate of drug-likeness (QED) is 0.0475. The summed E-state index contributed by atoms with van der Waals surface area (Å²) in [4.78, 5) is 25.0. The van der Waals surface area contributed by atoms with Crippen molar-refractivity contribution in [1.82, 2.24) is 0 Å². The van der Waals surface area contributed by atoms with E-state index in [1.54, 1.807) is 7.11 Å². The summed E-state index contributed by atoms with van der Waals surface area (Å²) in [6.45, 7) is 28.6. The molecule has 0 heterocycles. The van der Waals surface area contributed by atoms with Crippen LogP contribution >= 0.6 is 0 Å². The maximum atomic E-state index is 13.4. The van der Waals surface area contributed by atoms with Gasteiger partial charge >= 0.3 is 12.1 Å². The van der Waals surface area contributed by atoms with E-state index in [4.69, 9.17) is 27.2 Å². The Morgan fingerprint density at radius 1 is 0.590 bits per heavy atom. The molecule has 12 heteroatoms. The molecule has 0 radical (unpaired) electrons. The first-order valence-electron chi connectivity index (χ1n) is 21.8. The average Bonchev–Trinajstić information content (AvgIpc) is 3.13. The second-order valence-electron chi connectivity index (χ2n) is 20.5. The monoisotopic (exact) mass is 898 g/mol. The smallest absolute Gasteiger partial charge is 0.496 e. The Bertz CT molecular complexity index is 2140. The lowest BCUT2D eigenvalue weighted by molar-refractivity contribution is -0.131. The normalized spacial score (nSPS) is 14.9. The highest BCUT2D eigenvalue weighted by Crippen LogP contribution is 2.46. The van der Waals surface area contributed by atoms with Crippen molar-refractivity contribution in [1.29, 1.82) is 0 Å². The second kappa shape index (κ2) is 18.9. The van der Waals surface area contributed by atoms with E-state index >= 15 is 0 Å². The highest BCUT2D eigenvalue weighted by molar-refractivity contribution is 6.84. The number of carbonyl (C=O) groups is 2. The van der Waals surface area contributed by atoms with Gasteiger partial charge in [-0.25, -0.2) is 4.79 Å². The number of rotatable bonds is 16. The van der Waals surface area contributed by atoms with Gasteiger partial charge in [0, 0.05) is 17.8 Å². The van der Waals surface area contributed by atoms with Crippen LogP contribution in [0.2, 0.25) is 65.5 Å². The van der Waals surface area contributed by atoms with Gasteiger partial charge in [-0.3, -0.25) is 4.79 Å². The number of carbonyl (C=O) groups excluding carboxylic acids is 2. The van der Waals surface area contributed by atoms with Crippen molar-refractivity contribution in [3.05, 3.63) is 118 Å². The topological polar surface area (TPSA) is 89.5 Å². The number of esters is 1. The molecule has 0 aliphatic heterocycles. The first-order chi connectivity index (χ1) is 28.3. The Kier molecular flexibility index (Phi) is 14.9. The Balaban J connectivity index is 1.41. The summed E-state index contributed by atoms with van der Waals surface area (Å²) in [7, 11) is -6.08.